The summed E-state index contributed by atoms with van der Waals surface area (Å²) in [5, 5.41) is 17.1. The first-order chi connectivity index (χ1) is 18.3. The first-order valence-electron chi connectivity index (χ1n) is 11.4. The summed E-state index contributed by atoms with van der Waals surface area (Å²) in [5.74, 6) is 1.94. The van der Waals surface area contributed by atoms with Crippen molar-refractivity contribution in [1.29, 1.82) is 0 Å². The highest BCUT2D eigenvalue weighted by atomic mass is 32.1. The first-order valence-corrected chi connectivity index (χ1v) is 13.8. The van der Waals surface area contributed by atoms with Gasteiger partial charge in [0.05, 0.1) is 19.5 Å². The summed E-state index contributed by atoms with van der Waals surface area (Å²) >= 11 is 4.73. The molecule has 0 bridgehead atoms. The normalized spacial score (nSPS) is 11.2. The molecule has 0 saturated carbocycles. The molecule has 9 heteroatoms. The molecule has 0 spiro atoms. The van der Waals surface area contributed by atoms with Gasteiger partial charge in [0.1, 0.15) is 0 Å². The highest BCUT2D eigenvalue weighted by molar-refractivity contribution is 7.19. The number of hydrogen-bond donors (Lipinski definition) is 0. The van der Waals surface area contributed by atoms with E-state index in [4.69, 9.17) is 8.83 Å². The number of hydrogen-bond acceptors (Lipinski definition) is 9. The molecule has 178 valence electrons. The fourth-order valence-corrected chi connectivity index (χ4v) is 6.55. The smallest absolute Gasteiger partial charge is 0.258 e. The monoisotopic (exact) mass is 536 g/mol. The third-order valence-corrected chi connectivity index (χ3v) is 8.93. The Bertz CT molecular complexity index is 1660. The predicted molar refractivity (Wildman–Crippen MR) is 148 cm³/mol. The number of benzene rings is 2. The molecule has 0 unspecified atom stereocenters. The van der Waals surface area contributed by atoms with Crippen LogP contribution in [0.1, 0.15) is 0 Å². The predicted octanol–water partition coefficient (Wildman–Crippen LogP) is 8.64. The van der Waals surface area contributed by atoms with Crippen molar-refractivity contribution >= 4 is 34.0 Å². The van der Waals surface area contributed by atoms with E-state index in [1.165, 1.54) is 22.5 Å². The quantitative estimate of drug-likeness (QED) is 0.212. The van der Waals surface area contributed by atoms with Crippen LogP contribution in [-0.2, 0) is 0 Å². The second-order valence-electron chi connectivity index (χ2n) is 8.05. The molecule has 0 atom stereocenters. The van der Waals surface area contributed by atoms with Gasteiger partial charge in [0.2, 0.25) is 0 Å². The molecule has 5 aromatic heterocycles. The maximum absolute atomic E-state index is 6.01. The fourth-order valence-electron chi connectivity index (χ4n) is 3.83. The second-order valence-corrected chi connectivity index (χ2v) is 11.3. The van der Waals surface area contributed by atoms with Gasteiger partial charge >= 0.3 is 0 Å². The van der Waals surface area contributed by atoms with E-state index in [-0.39, 0.29) is 0 Å². The van der Waals surface area contributed by atoms with Gasteiger partial charge in [-0.25, -0.2) is 0 Å². The van der Waals surface area contributed by atoms with Gasteiger partial charge < -0.3 is 8.83 Å². The minimum absolute atomic E-state index is 0.464. The Morgan fingerprint density at radius 2 is 0.649 bits per heavy atom. The van der Waals surface area contributed by atoms with Crippen molar-refractivity contribution in [3.05, 3.63) is 97.1 Å². The van der Waals surface area contributed by atoms with Crippen LogP contribution in [0.3, 0.4) is 0 Å². The van der Waals surface area contributed by atoms with Gasteiger partial charge in [-0.3, -0.25) is 0 Å². The van der Waals surface area contributed by atoms with Crippen LogP contribution in [0.25, 0.3) is 64.0 Å². The second kappa shape index (κ2) is 9.36. The minimum Gasteiger partial charge on any atom is -0.414 e. The van der Waals surface area contributed by atoms with Gasteiger partial charge in [-0.2, -0.15) is 0 Å². The summed E-state index contributed by atoms with van der Waals surface area (Å²) in [5.41, 5.74) is 2.33. The van der Waals surface area contributed by atoms with Crippen LogP contribution in [0.5, 0.6) is 0 Å². The van der Waals surface area contributed by atoms with Crippen LogP contribution in [0, 0.1) is 0 Å². The molecule has 37 heavy (non-hydrogen) atoms. The maximum atomic E-state index is 6.01. The average molecular weight is 537 g/mol. The van der Waals surface area contributed by atoms with E-state index in [0.717, 1.165) is 29.3 Å². The Morgan fingerprint density at radius 3 is 1.00 bits per heavy atom. The molecule has 0 aliphatic rings. The lowest BCUT2D eigenvalue weighted by atomic mass is 10.2. The van der Waals surface area contributed by atoms with Crippen molar-refractivity contribution in [2.75, 3.05) is 0 Å². The molecule has 0 aliphatic carbocycles. The maximum Gasteiger partial charge on any atom is 0.258 e. The Hall–Kier alpha value is -4.18. The molecule has 5 heterocycles. The molecular formula is C28H16N4O2S3. The number of nitrogens with zero attached hydrogens (tertiary/aromatic N) is 4. The summed E-state index contributed by atoms with van der Waals surface area (Å²) in [7, 11) is 0. The SMILES string of the molecule is c1ccc(-c2ccc(-c3nnc(-c4ccc(-c5nnc(-c6ccc(-c7ccccc7)s6)o5)s4)o3)s2)cc1. The molecular weight excluding hydrogens is 521 g/mol. The van der Waals surface area contributed by atoms with E-state index in [0.29, 0.717) is 23.6 Å². The van der Waals surface area contributed by atoms with Gasteiger partial charge in [0.25, 0.3) is 23.6 Å². The minimum atomic E-state index is 0.464. The number of rotatable bonds is 6. The Labute approximate surface area is 223 Å². The molecule has 0 radical (unpaired) electrons. The van der Waals surface area contributed by atoms with Crippen LogP contribution in [0.2, 0.25) is 0 Å². The third kappa shape index (κ3) is 4.33. The average Bonchev–Trinajstić information content (AvgIpc) is 3.78. The number of aromatic nitrogens is 4. The van der Waals surface area contributed by atoms with Crippen LogP contribution in [0.15, 0.2) is 106 Å². The molecule has 0 saturated heterocycles. The van der Waals surface area contributed by atoms with E-state index in [1.54, 1.807) is 22.7 Å². The van der Waals surface area contributed by atoms with Gasteiger partial charge in [-0.15, -0.1) is 54.4 Å². The van der Waals surface area contributed by atoms with Crippen molar-refractivity contribution < 1.29 is 8.83 Å². The molecule has 0 fully saturated rings. The van der Waals surface area contributed by atoms with Crippen molar-refractivity contribution in [3.8, 4) is 64.0 Å². The highest BCUT2D eigenvalue weighted by Gasteiger charge is 2.18. The van der Waals surface area contributed by atoms with Gasteiger partial charge in [-0.1, -0.05) is 60.7 Å². The van der Waals surface area contributed by atoms with Crippen molar-refractivity contribution in [1.82, 2.24) is 20.4 Å². The van der Waals surface area contributed by atoms with Crippen LogP contribution in [-0.4, -0.2) is 20.4 Å². The Morgan fingerprint density at radius 1 is 0.351 bits per heavy atom. The van der Waals surface area contributed by atoms with Crippen molar-refractivity contribution in [2.45, 2.75) is 0 Å². The Kier molecular flexibility index (Phi) is 5.58. The van der Waals surface area contributed by atoms with E-state index in [9.17, 15) is 0 Å². The van der Waals surface area contributed by atoms with Crippen LogP contribution < -0.4 is 0 Å². The molecule has 0 aliphatic heterocycles. The highest BCUT2D eigenvalue weighted by Crippen LogP contribution is 2.39. The molecule has 7 aromatic rings. The third-order valence-electron chi connectivity index (χ3n) is 5.63. The van der Waals surface area contributed by atoms with Gasteiger partial charge in [-0.05, 0) is 47.5 Å². The van der Waals surface area contributed by atoms with Gasteiger partial charge in [0.15, 0.2) is 0 Å². The topological polar surface area (TPSA) is 77.8 Å². The van der Waals surface area contributed by atoms with E-state index in [1.807, 2.05) is 60.7 Å². The summed E-state index contributed by atoms with van der Waals surface area (Å²) in [6.45, 7) is 0. The van der Waals surface area contributed by atoms with E-state index >= 15 is 0 Å². The molecule has 7 rings (SSSR count). The summed E-state index contributed by atoms with van der Waals surface area (Å²) in [4.78, 5) is 5.86. The summed E-state index contributed by atoms with van der Waals surface area (Å²) in [6.07, 6.45) is 0. The fraction of sp³-hybridized carbons (Fsp3) is 0. The zero-order valence-corrected chi connectivity index (χ0v) is 21.5. The van der Waals surface area contributed by atoms with Crippen LogP contribution in [0.4, 0.5) is 0 Å². The summed E-state index contributed by atoms with van der Waals surface area (Å²) < 4.78 is 12.0. The zero-order chi connectivity index (χ0) is 24.6. The molecule has 0 amide bonds. The standard InChI is InChI=1S/C28H16N4O2S3/c1-3-7-17(8-4-1)19-11-13-21(35-19)25-29-31-27(33-25)23-15-16-24(37-23)28-32-30-26(34-28)22-14-12-20(36-22)18-9-5-2-6-10-18/h1-16H. The molecule has 6 nitrogen and oxygen atoms in total. The lowest BCUT2D eigenvalue weighted by molar-refractivity contribution is 0.587. The lowest BCUT2D eigenvalue weighted by Gasteiger charge is -1.94. The lowest BCUT2D eigenvalue weighted by Crippen LogP contribution is -1.72. The zero-order valence-electron chi connectivity index (χ0n) is 19.1. The Balaban J connectivity index is 1.10. The first kappa shape index (κ1) is 22.1. The van der Waals surface area contributed by atoms with E-state index in [2.05, 4.69) is 56.8 Å². The molecule has 2 aromatic carbocycles. The van der Waals surface area contributed by atoms with Crippen molar-refractivity contribution in [3.63, 3.8) is 0 Å². The molecule has 0 N–H and O–H groups in total. The summed E-state index contributed by atoms with van der Waals surface area (Å²) in [6, 6.07) is 32.5. The number of thiophene rings is 3. The van der Waals surface area contributed by atoms with E-state index < -0.39 is 0 Å². The van der Waals surface area contributed by atoms with Crippen LogP contribution >= 0.6 is 34.0 Å². The largest absolute Gasteiger partial charge is 0.414 e. The van der Waals surface area contributed by atoms with Gasteiger partial charge in [0, 0.05) is 9.75 Å². The van der Waals surface area contributed by atoms with Crippen molar-refractivity contribution in [2.24, 2.45) is 0 Å².